The summed E-state index contributed by atoms with van der Waals surface area (Å²) in [5.74, 6) is -1.99. The van der Waals surface area contributed by atoms with E-state index < -0.39 is 48.4 Å². The van der Waals surface area contributed by atoms with Crippen molar-refractivity contribution < 1.29 is 38.1 Å². The molecular weight excluding hydrogens is 435 g/mol. The fraction of sp³-hybridized carbons (Fsp3) is 0.733. The third-order valence-electron chi connectivity index (χ3n) is 3.28. The molecule has 24 heavy (non-hydrogen) atoms. The Morgan fingerprint density at radius 3 is 1.58 bits per heavy atom. The van der Waals surface area contributed by atoms with E-state index in [2.05, 4.69) is 0 Å². The summed E-state index contributed by atoms with van der Waals surface area (Å²) >= 11 is 2.04. The zero-order valence-corrected chi connectivity index (χ0v) is 16.1. The van der Waals surface area contributed by atoms with Crippen molar-refractivity contribution in [2.24, 2.45) is 0 Å². The molecule has 1 rings (SSSR count). The Balaban J connectivity index is 3.23. The quantitative estimate of drug-likeness (QED) is 0.252. The minimum Gasteiger partial charge on any atom is -0.456 e. The van der Waals surface area contributed by atoms with Gasteiger partial charge in [0.1, 0.15) is 18.0 Å². The molecule has 1 fully saturated rings. The van der Waals surface area contributed by atoms with Crippen LogP contribution >= 0.6 is 22.6 Å². The summed E-state index contributed by atoms with van der Waals surface area (Å²) in [6.45, 7) is 4.99. The first kappa shape index (κ1) is 20.8. The van der Waals surface area contributed by atoms with Crippen LogP contribution in [0.2, 0.25) is 0 Å². The van der Waals surface area contributed by atoms with Gasteiger partial charge in [0, 0.05) is 31.6 Å². The molecule has 0 radical (unpaired) electrons. The Hall–Kier alpha value is -1.23. The van der Waals surface area contributed by atoms with Crippen LogP contribution in [0.15, 0.2) is 0 Å². The molecule has 0 aromatic rings. The number of halogens is 1. The van der Waals surface area contributed by atoms with E-state index in [0.29, 0.717) is 4.43 Å². The monoisotopic (exact) mass is 456 g/mol. The Morgan fingerprint density at radius 2 is 1.21 bits per heavy atom. The minimum absolute atomic E-state index is 0.0182. The standard InChI is InChI=1S/C15H21IO8/c1-7(17)5-11-13(21-8(2)18)15(23-10(4)20)14(22-9(3)19)12(6-16)24-11/h11-15H,5-6H2,1-4H3/t11-,12-,13-,14-,15-/m1/s1. The second kappa shape index (κ2) is 9.30. The lowest BCUT2D eigenvalue weighted by molar-refractivity contribution is -0.242. The molecule has 1 aliphatic rings. The topological polar surface area (TPSA) is 105 Å². The van der Waals surface area contributed by atoms with Crippen LogP contribution in [0.4, 0.5) is 0 Å². The zero-order chi connectivity index (χ0) is 18.4. The van der Waals surface area contributed by atoms with E-state index in [4.69, 9.17) is 18.9 Å². The number of ether oxygens (including phenoxy) is 4. The van der Waals surface area contributed by atoms with Crippen molar-refractivity contribution in [1.29, 1.82) is 0 Å². The van der Waals surface area contributed by atoms with Gasteiger partial charge in [-0.2, -0.15) is 0 Å². The largest absolute Gasteiger partial charge is 0.456 e. The molecule has 0 unspecified atom stereocenters. The summed E-state index contributed by atoms with van der Waals surface area (Å²) < 4.78 is 22.0. The van der Waals surface area contributed by atoms with Crippen molar-refractivity contribution in [1.82, 2.24) is 0 Å². The van der Waals surface area contributed by atoms with Crippen molar-refractivity contribution in [2.75, 3.05) is 4.43 Å². The van der Waals surface area contributed by atoms with Crippen molar-refractivity contribution in [3.63, 3.8) is 0 Å². The molecule has 136 valence electrons. The van der Waals surface area contributed by atoms with Crippen LogP contribution in [0.3, 0.4) is 0 Å². The van der Waals surface area contributed by atoms with E-state index in [1.165, 1.54) is 27.7 Å². The van der Waals surface area contributed by atoms with Crippen molar-refractivity contribution >= 4 is 46.3 Å². The lowest BCUT2D eigenvalue weighted by Crippen LogP contribution is -2.62. The maximum Gasteiger partial charge on any atom is 0.303 e. The van der Waals surface area contributed by atoms with E-state index in [1.54, 1.807) is 0 Å². The number of hydrogen-bond donors (Lipinski definition) is 0. The molecule has 0 bridgehead atoms. The average Bonchev–Trinajstić information content (AvgIpc) is 2.42. The van der Waals surface area contributed by atoms with Crippen molar-refractivity contribution in [3.05, 3.63) is 0 Å². The van der Waals surface area contributed by atoms with Gasteiger partial charge in [-0.05, 0) is 6.92 Å². The Kier molecular flexibility index (Phi) is 8.07. The van der Waals surface area contributed by atoms with Gasteiger partial charge in [-0.1, -0.05) is 22.6 Å². The first-order chi connectivity index (χ1) is 11.1. The minimum atomic E-state index is -1.05. The Bertz CT molecular complexity index is 506. The van der Waals surface area contributed by atoms with Gasteiger partial charge in [-0.3, -0.25) is 19.2 Å². The van der Waals surface area contributed by atoms with E-state index in [0.717, 1.165) is 0 Å². The Morgan fingerprint density at radius 1 is 0.792 bits per heavy atom. The number of carbonyl (C=O) groups is 4. The highest BCUT2D eigenvalue weighted by atomic mass is 127. The van der Waals surface area contributed by atoms with Crippen LogP contribution in [0.5, 0.6) is 0 Å². The number of alkyl halides is 1. The summed E-state index contributed by atoms with van der Waals surface area (Å²) in [6.07, 6.45) is -4.43. The molecule has 1 heterocycles. The third kappa shape index (κ3) is 6.00. The van der Waals surface area contributed by atoms with Crippen LogP contribution in [-0.2, 0) is 38.1 Å². The van der Waals surface area contributed by atoms with Crippen molar-refractivity contribution in [3.8, 4) is 0 Å². The molecule has 1 saturated heterocycles. The summed E-state index contributed by atoms with van der Waals surface area (Å²) in [6, 6.07) is 0. The molecule has 9 heteroatoms. The van der Waals surface area contributed by atoms with E-state index in [-0.39, 0.29) is 12.2 Å². The maximum atomic E-state index is 11.5. The first-order valence-corrected chi connectivity index (χ1v) is 8.90. The second-order valence-electron chi connectivity index (χ2n) is 5.50. The zero-order valence-electron chi connectivity index (χ0n) is 13.9. The molecule has 0 aromatic heterocycles. The molecule has 5 atom stereocenters. The molecule has 0 N–H and O–H groups in total. The maximum absolute atomic E-state index is 11.5. The molecular formula is C15H21IO8. The van der Waals surface area contributed by atoms with Gasteiger partial charge in [0.15, 0.2) is 18.3 Å². The van der Waals surface area contributed by atoms with Crippen LogP contribution in [0.1, 0.15) is 34.1 Å². The smallest absolute Gasteiger partial charge is 0.303 e. The van der Waals surface area contributed by atoms with E-state index in [9.17, 15) is 19.2 Å². The molecule has 0 aliphatic carbocycles. The fourth-order valence-electron chi connectivity index (χ4n) is 2.56. The highest BCUT2D eigenvalue weighted by Crippen LogP contribution is 2.31. The lowest BCUT2D eigenvalue weighted by Gasteiger charge is -2.44. The molecule has 0 aromatic carbocycles. The molecule has 0 saturated carbocycles. The number of Topliss-reactive ketones (excluding diaryl/α,β-unsaturated/α-hetero) is 1. The second-order valence-corrected chi connectivity index (χ2v) is 6.38. The van der Waals surface area contributed by atoms with Crippen LogP contribution < -0.4 is 0 Å². The highest BCUT2D eigenvalue weighted by Gasteiger charge is 2.51. The molecule has 0 spiro atoms. The van der Waals surface area contributed by atoms with Gasteiger partial charge in [0.05, 0.1) is 0 Å². The molecule has 0 amide bonds. The summed E-state index contributed by atoms with van der Waals surface area (Å²) in [4.78, 5) is 45.8. The van der Waals surface area contributed by atoms with Gasteiger partial charge < -0.3 is 18.9 Å². The number of ketones is 1. The van der Waals surface area contributed by atoms with E-state index >= 15 is 0 Å². The lowest BCUT2D eigenvalue weighted by atomic mass is 9.92. The average molecular weight is 456 g/mol. The number of carbonyl (C=O) groups excluding carboxylic acids is 4. The predicted octanol–water partition coefficient (Wildman–Crippen LogP) is 0.963. The van der Waals surface area contributed by atoms with E-state index in [1.807, 2.05) is 22.6 Å². The Labute approximate surface area is 153 Å². The van der Waals surface area contributed by atoms with Gasteiger partial charge in [0.25, 0.3) is 0 Å². The van der Waals surface area contributed by atoms with Gasteiger partial charge >= 0.3 is 17.9 Å². The van der Waals surface area contributed by atoms with Crippen LogP contribution in [0.25, 0.3) is 0 Å². The number of esters is 3. The number of rotatable bonds is 6. The highest BCUT2D eigenvalue weighted by molar-refractivity contribution is 14.1. The van der Waals surface area contributed by atoms with Crippen LogP contribution in [0, 0.1) is 0 Å². The third-order valence-corrected chi connectivity index (χ3v) is 4.15. The first-order valence-electron chi connectivity index (χ1n) is 7.38. The summed E-state index contributed by atoms with van der Waals surface area (Å²) in [5, 5.41) is 0. The molecule has 8 nitrogen and oxygen atoms in total. The molecule has 1 aliphatic heterocycles. The van der Waals surface area contributed by atoms with Crippen LogP contribution in [-0.4, -0.2) is 58.6 Å². The fourth-order valence-corrected chi connectivity index (χ4v) is 3.26. The number of hydrogen-bond acceptors (Lipinski definition) is 8. The summed E-state index contributed by atoms with van der Waals surface area (Å²) in [7, 11) is 0. The summed E-state index contributed by atoms with van der Waals surface area (Å²) in [5.41, 5.74) is 0. The SMILES string of the molecule is CC(=O)C[C@H]1O[C@H](CI)[C@@H](OC(C)=O)[C@H](OC(C)=O)[C@@H]1OC(C)=O. The normalized spacial score (nSPS) is 29.5. The van der Waals surface area contributed by atoms with Gasteiger partial charge in [-0.25, -0.2) is 0 Å². The van der Waals surface area contributed by atoms with Crippen molar-refractivity contribution in [2.45, 2.75) is 64.6 Å². The van der Waals surface area contributed by atoms with Gasteiger partial charge in [0.2, 0.25) is 0 Å². The van der Waals surface area contributed by atoms with Gasteiger partial charge in [-0.15, -0.1) is 0 Å². The predicted molar refractivity (Wildman–Crippen MR) is 89.5 cm³/mol.